The third-order valence-corrected chi connectivity index (χ3v) is 9.38. The lowest BCUT2D eigenvalue weighted by molar-refractivity contribution is 0.576. The van der Waals surface area contributed by atoms with Crippen LogP contribution in [-0.2, 0) is 10.8 Å². The van der Waals surface area contributed by atoms with Crippen molar-refractivity contribution in [2.45, 2.75) is 37.5 Å². The quantitative estimate of drug-likeness (QED) is 0.310. The van der Waals surface area contributed by atoms with Gasteiger partial charge in [0.1, 0.15) is 0 Å². The molecule has 7 rings (SSSR count). The number of fused-ring (bicyclic) bond motifs is 9. The lowest BCUT2D eigenvalue weighted by Crippen LogP contribution is -2.32. The first kappa shape index (κ1) is 22.1. The molecule has 1 heteroatoms. The number of benzene rings is 3. The lowest BCUT2D eigenvalue weighted by Gasteiger charge is -2.39. The van der Waals surface area contributed by atoms with Gasteiger partial charge in [0, 0.05) is 9.89 Å². The van der Waals surface area contributed by atoms with Gasteiger partial charge < -0.3 is 0 Å². The molecule has 0 radical (unpaired) electrons. The second-order valence-corrected chi connectivity index (χ2v) is 12.0. The van der Waals surface area contributed by atoms with Crippen LogP contribution >= 0.6 is 15.9 Å². The summed E-state index contributed by atoms with van der Waals surface area (Å²) in [5.74, 6) is 0.528. The molecule has 0 aromatic heterocycles. The van der Waals surface area contributed by atoms with Gasteiger partial charge in [0.25, 0.3) is 0 Å². The fourth-order valence-electron chi connectivity index (χ4n) is 7.14. The molecular formula is C35H29Br. The monoisotopic (exact) mass is 528 g/mol. The molecule has 1 spiro atoms. The standard InChI is InChI=1S/C35H29Br/c1-4-23-10-12-24(13-11-23)34(3)18-17-29-26-7-5-6-8-30(26)35(33(29)21-34)31-19-22(2)9-15-27(31)28-16-14-25(36)20-32(28)35/h4-17,20-22H,1,18-19H2,2-3H3. The molecule has 3 aromatic carbocycles. The summed E-state index contributed by atoms with van der Waals surface area (Å²) < 4.78 is 1.14. The van der Waals surface area contributed by atoms with E-state index >= 15 is 0 Å². The minimum absolute atomic E-state index is 0.0703. The average molecular weight is 530 g/mol. The molecule has 0 amide bonds. The molecule has 0 nitrogen and oxygen atoms in total. The van der Waals surface area contributed by atoms with Crippen molar-refractivity contribution >= 4 is 33.2 Å². The zero-order chi connectivity index (χ0) is 24.7. The molecule has 0 saturated heterocycles. The highest BCUT2D eigenvalue weighted by Gasteiger charge is 2.55. The fraction of sp³-hybridized carbons (Fsp3) is 0.200. The predicted molar refractivity (Wildman–Crippen MR) is 156 cm³/mol. The van der Waals surface area contributed by atoms with Crippen LogP contribution in [-0.4, -0.2) is 0 Å². The molecule has 4 aliphatic rings. The highest BCUT2D eigenvalue weighted by atomic mass is 79.9. The van der Waals surface area contributed by atoms with Crippen molar-refractivity contribution in [1.29, 1.82) is 0 Å². The van der Waals surface area contributed by atoms with E-state index in [2.05, 4.69) is 127 Å². The number of halogens is 1. The van der Waals surface area contributed by atoms with Gasteiger partial charge in [-0.2, -0.15) is 0 Å². The predicted octanol–water partition coefficient (Wildman–Crippen LogP) is 9.43. The maximum Gasteiger partial charge on any atom is 0.0686 e. The first-order valence-corrected chi connectivity index (χ1v) is 13.7. The highest BCUT2D eigenvalue weighted by molar-refractivity contribution is 9.10. The highest BCUT2D eigenvalue weighted by Crippen LogP contribution is 2.66. The van der Waals surface area contributed by atoms with Crippen molar-refractivity contribution in [2.75, 3.05) is 0 Å². The number of hydrogen-bond donors (Lipinski definition) is 0. The van der Waals surface area contributed by atoms with Gasteiger partial charge in [0.2, 0.25) is 0 Å². The van der Waals surface area contributed by atoms with Crippen LogP contribution in [0.4, 0.5) is 0 Å². The molecule has 4 aliphatic carbocycles. The van der Waals surface area contributed by atoms with E-state index in [-0.39, 0.29) is 10.8 Å². The summed E-state index contributed by atoms with van der Waals surface area (Å²) in [6.45, 7) is 8.70. The first-order chi connectivity index (χ1) is 17.5. The van der Waals surface area contributed by atoms with Crippen LogP contribution in [0.1, 0.15) is 60.1 Å². The zero-order valence-corrected chi connectivity index (χ0v) is 22.4. The van der Waals surface area contributed by atoms with Crippen molar-refractivity contribution in [3.05, 3.63) is 147 Å². The summed E-state index contributed by atoms with van der Waals surface area (Å²) in [5.41, 5.74) is 13.8. The SMILES string of the molecule is C=Cc1ccc(C2(C)C=C3C(=CC2)c2ccccc2C32C3=C(C=CC(C)C3)c3ccc(Br)cc32)cc1. The molecule has 176 valence electrons. The molecule has 3 atom stereocenters. The Kier molecular flexibility index (Phi) is 4.70. The van der Waals surface area contributed by atoms with Crippen LogP contribution in [0.5, 0.6) is 0 Å². The van der Waals surface area contributed by atoms with Crippen LogP contribution in [0, 0.1) is 5.92 Å². The second kappa shape index (κ2) is 7.67. The van der Waals surface area contributed by atoms with E-state index in [9.17, 15) is 0 Å². The summed E-state index contributed by atoms with van der Waals surface area (Å²) >= 11 is 3.83. The van der Waals surface area contributed by atoms with Gasteiger partial charge in [0.05, 0.1) is 5.41 Å². The van der Waals surface area contributed by atoms with E-state index < -0.39 is 0 Å². The minimum atomic E-state index is -0.237. The molecule has 0 fully saturated rings. The van der Waals surface area contributed by atoms with Gasteiger partial charge in [-0.15, -0.1) is 0 Å². The Morgan fingerprint density at radius 2 is 1.78 bits per heavy atom. The topological polar surface area (TPSA) is 0 Å². The van der Waals surface area contributed by atoms with E-state index in [4.69, 9.17) is 0 Å². The molecule has 3 unspecified atom stereocenters. The van der Waals surface area contributed by atoms with E-state index in [1.807, 2.05) is 6.08 Å². The normalized spacial score (nSPS) is 27.2. The minimum Gasteiger partial charge on any atom is -0.0985 e. The zero-order valence-electron chi connectivity index (χ0n) is 20.8. The van der Waals surface area contributed by atoms with E-state index in [0.29, 0.717) is 5.92 Å². The average Bonchev–Trinajstić information content (AvgIpc) is 3.34. The Morgan fingerprint density at radius 1 is 0.972 bits per heavy atom. The van der Waals surface area contributed by atoms with Crippen molar-refractivity contribution in [1.82, 2.24) is 0 Å². The third kappa shape index (κ3) is 2.81. The molecule has 0 bridgehead atoms. The van der Waals surface area contributed by atoms with Crippen molar-refractivity contribution in [3.8, 4) is 0 Å². The van der Waals surface area contributed by atoms with Gasteiger partial charge in [-0.3, -0.25) is 0 Å². The summed E-state index contributed by atoms with van der Waals surface area (Å²) in [6, 6.07) is 25.0. The second-order valence-electron chi connectivity index (χ2n) is 11.0. The van der Waals surface area contributed by atoms with E-state index in [0.717, 1.165) is 17.3 Å². The van der Waals surface area contributed by atoms with Gasteiger partial charge in [0.15, 0.2) is 0 Å². The molecular weight excluding hydrogens is 500 g/mol. The van der Waals surface area contributed by atoms with Crippen LogP contribution in [0.2, 0.25) is 0 Å². The van der Waals surface area contributed by atoms with Crippen molar-refractivity contribution in [2.24, 2.45) is 5.92 Å². The largest absolute Gasteiger partial charge is 0.0985 e. The molecule has 0 aliphatic heterocycles. The molecule has 0 saturated carbocycles. The van der Waals surface area contributed by atoms with Crippen LogP contribution in [0.15, 0.2) is 113 Å². The molecule has 3 aromatic rings. The summed E-state index contributed by atoms with van der Waals surface area (Å²) in [6.07, 6.45) is 13.9. The van der Waals surface area contributed by atoms with Crippen molar-refractivity contribution in [3.63, 3.8) is 0 Å². The maximum absolute atomic E-state index is 3.94. The van der Waals surface area contributed by atoms with E-state index in [1.165, 1.54) is 50.1 Å². The Labute approximate surface area is 222 Å². The number of allylic oxidation sites excluding steroid dienone is 8. The van der Waals surface area contributed by atoms with Crippen LogP contribution in [0.3, 0.4) is 0 Å². The van der Waals surface area contributed by atoms with Crippen LogP contribution < -0.4 is 0 Å². The third-order valence-electron chi connectivity index (χ3n) is 8.89. The van der Waals surface area contributed by atoms with Gasteiger partial charge in [-0.25, -0.2) is 0 Å². The smallest absolute Gasteiger partial charge is 0.0686 e. The molecule has 0 N–H and O–H groups in total. The molecule has 36 heavy (non-hydrogen) atoms. The summed E-state index contributed by atoms with van der Waals surface area (Å²) in [5, 5.41) is 0. The van der Waals surface area contributed by atoms with Gasteiger partial charge in [-0.1, -0.05) is 121 Å². The lowest BCUT2D eigenvalue weighted by atomic mass is 9.63. The maximum atomic E-state index is 3.94. The number of hydrogen-bond acceptors (Lipinski definition) is 0. The fourth-order valence-corrected chi connectivity index (χ4v) is 7.50. The summed E-state index contributed by atoms with van der Waals surface area (Å²) in [4.78, 5) is 0. The Morgan fingerprint density at radius 3 is 2.58 bits per heavy atom. The number of rotatable bonds is 2. The van der Waals surface area contributed by atoms with Crippen molar-refractivity contribution < 1.29 is 0 Å². The summed E-state index contributed by atoms with van der Waals surface area (Å²) in [7, 11) is 0. The first-order valence-electron chi connectivity index (χ1n) is 12.9. The Bertz CT molecular complexity index is 1580. The Hall–Kier alpha value is -3.16. The van der Waals surface area contributed by atoms with Gasteiger partial charge >= 0.3 is 0 Å². The van der Waals surface area contributed by atoms with Crippen LogP contribution in [0.25, 0.3) is 17.2 Å². The molecule has 0 heterocycles. The van der Waals surface area contributed by atoms with E-state index in [1.54, 1.807) is 5.57 Å². The van der Waals surface area contributed by atoms with Gasteiger partial charge in [-0.05, 0) is 86.6 Å². The Balaban J connectivity index is 1.55.